The summed E-state index contributed by atoms with van der Waals surface area (Å²) in [6.45, 7) is 2.22. The summed E-state index contributed by atoms with van der Waals surface area (Å²) in [6.07, 6.45) is -0.122. The second kappa shape index (κ2) is 4.44. The van der Waals surface area contributed by atoms with Gasteiger partial charge in [0.2, 0.25) is 0 Å². The Kier molecular flexibility index (Phi) is 3.51. The first-order valence-corrected chi connectivity index (χ1v) is 4.33. The van der Waals surface area contributed by atoms with Crippen LogP contribution in [0, 0.1) is 5.82 Å². The van der Waals surface area contributed by atoms with Gasteiger partial charge < -0.3 is 10.5 Å². The molecule has 0 aliphatic rings. The van der Waals surface area contributed by atoms with Gasteiger partial charge in [0.1, 0.15) is 17.7 Å². The molecule has 0 aliphatic carbocycles. The van der Waals surface area contributed by atoms with Crippen LogP contribution in [0.1, 0.15) is 6.92 Å². The van der Waals surface area contributed by atoms with Gasteiger partial charge in [-0.3, -0.25) is 0 Å². The molecule has 0 aromatic heterocycles. The molecule has 1 atom stereocenters. The zero-order chi connectivity index (χ0) is 9.84. The molecule has 2 N–H and O–H groups in total. The molecule has 0 aliphatic heterocycles. The van der Waals surface area contributed by atoms with Gasteiger partial charge in [0.25, 0.3) is 0 Å². The molecule has 1 aromatic rings. The van der Waals surface area contributed by atoms with Crippen molar-refractivity contribution < 1.29 is 9.13 Å². The van der Waals surface area contributed by atoms with Gasteiger partial charge in [0.05, 0.1) is 5.02 Å². The van der Waals surface area contributed by atoms with Crippen LogP contribution < -0.4 is 10.5 Å². The highest BCUT2D eigenvalue weighted by Crippen LogP contribution is 2.25. The highest BCUT2D eigenvalue weighted by molar-refractivity contribution is 6.32. The van der Waals surface area contributed by atoms with E-state index in [1.54, 1.807) is 0 Å². The lowest BCUT2D eigenvalue weighted by atomic mass is 10.3. The van der Waals surface area contributed by atoms with Crippen molar-refractivity contribution in [3.63, 3.8) is 0 Å². The Morgan fingerprint density at radius 3 is 2.85 bits per heavy atom. The van der Waals surface area contributed by atoms with Crippen molar-refractivity contribution >= 4 is 11.6 Å². The molecule has 0 amide bonds. The molecule has 0 saturated heterocycles. The third-order valence-electron chi connectivity index (χ3n) is 1.55. The number of ether oxygens (including phenoxy) is 1. The van der Waals surface area contributed by atoms with Crippen LogP contribution in [-0.4, -0.2) is 12.6 Å². The lowest BCUT2D eigenvalue weighted by Crippen LogP contribution is -2.22. The molecule has 1 unspecified atom stereocenters. The van der Waals surface area contributed by atoms with Crippen molar-refractivity contribution in [2.75, 3.05) is 6.54 Å². The van der Waals surface area contributed by atoms with Crippen LogP contribution in [0.25, 0.3) is 0 Å². The minimum Gasteiger partial charge on any atom is -0.488 e. The molecule has 2 nitrogen and oxygen atoms in total. The van der Waals surface area contributed by atoms with Crippen molar-refractivity contribution in [1.29, 1.82) is 0 Å². The number of nitrogens with two attached hydrogens (primary N) is 1. The molecule has 0 radical (unpaired) electrons. The van der Waals surface area contributed by atoms with Crippen molar-refractivity contribution in [3.8, 4) is 5.75 Å². The van der Waals surface area contributed by atoms with Gasteiger partial charge in [-0.2, -0.15) is 0 Å². The molecular formula is C9H11ClFNO. The topological polar surface area (TPSA) is 35.2 Å². The van der Waals surface area contributed by atoms with Crippen LogP contribution in [0.5, 0.6) is 5.75 Å². The maximum atomic E-state index is 12.6. The van der Waals surface area contributed by atoms with E-state index in [0.717, 1.165) is 0 Å². The fraction of sp³-hybridized carbons (Fsp3) is 0.333. The maximum Gasteiger partial charge on any atom is 0.138 e. The molecule has 1 rings (SSSR count). The van der Waals surface area contributed by atoms with Gasteiger partial charge in [-0.15, -0.1) is 0 Å². The van der Waals surface area contributed by atoms with Gasteiger partial charge in [-0.05, 0) is 25.1 Å². The monoisotopic (exact) mass is 203 g/mol. The van der Waals surface area contributed by atoms with E-state index in [9.17, 15) is 4.39 Å². The van der Waals surface area contributed by atoms with E-state index in [4.69, 9.17) is 22.1 Å². The van der Waals surface area contributed by atoms with E-state index in [1.165, 1.54) is 18.2 Å². The van der Waals surface area contributed by atoms with E-state index in [-0.39, 0.29) is 16.9 Å². The van der Waals surface area contributed by atoms with Crippen molar-refractivity contribution in [3.05, 3.63) is 29.0 Å². The average Bonchev–Trinajstić information content (AvgIpc) is 2.09. The first-order valence-electron chi connectivity index (χ1n) is 3.95. The molecule has 1 aromatic carbocycles. The third kappa shape index (κ3) is 2.86. The second-order valence-electron chi connectivity index (χ2n) is 2.74. The lowest BCUT2D eigenvalue weighted by molar-refractivity contribution is 0.230. The number of rotatable bonds is 3. The van der Waals surface area contributed by atoms with Crippen LogP contribution in [0.15, 0.2) is 18.2 Å². The first-order chi connectivity index (χ1) is 6.13. The Morgan fingerprint density at radius 2 is 2.31 bits per heavy atom. The summed E-state index contributed by atoms with van der Waals surface area (Å²) < 4.78 is 17.9. The summed E-state index contributed by atoms with van der Waals surface area (Å²) in [5.74, 6) is 0.0822. The predicted octanol–water partition coefficient (Wildman–Crippen LogP) is 2.21. The fourth-order valence-electron chi connectivity index (χ4n) is 0.836. The van der Waals surface area contributed by atoms with Gasteiger partial charge >= 0.3 is 0 Å². The molecule has 0 fully saturated rings. The Balaban J connectivity index is 2.77. The minimum absolute atomic E-state index is 0.122. The van der Waals surface area contributed by atoms with Gasteiger partial charge in [-0.1, -0.05) is 11.6 Å². The second-order valence-corrected chi connectivity index (χ2v) is 3.15. The smallest absolute Gasteiger partial charge is 0.138 e. The highest BCUT2D eigenvalue weighted by Gasteiger charge is 2.06. The summed E-state index contributed by atoms with van der Waals surface area (Å²) in [7, 11) is 0. The summed E-state index contributed by atoms with van der Waals surface area (Å²) in [6, 6.07) is 3.99. The largest absolute Gasteiger partial charge is 0.488 e. The Hall–Kier alpha value is -0.800. The van der Waals surface area contributed by atoms with E-state index in [0.29, 0.717) is 12.3 Å². The summed E-state index contributed by atoms with van der Waals surface area (Å²) in [5.41, 5.74) is 5.36. The summed E-state index contributed by atoms with van der Waals surface area (Å²) in [4.78, 5) is 0. The van der Waals surface area contributed by atoms with Crippen molar-refractivity contribution in [1.82, 2.24) is 0 Å². The SMILES string of the molecule is CC(CN)Oc1ccc(F)cc1Cl. The third-order valence-corrected chi connectivity index (χ3v) is 1.85. The number of benzene rings is 1. The molecular weight excluding hydrogens is 193 g/mol. The highest BCUT2D eigenvalue weighted by atomic mass is 35.5. The molecule has 4 heteroatoms. The standard InChI is InChI=1S/C9H11ClFNO/c1-6(5-12)13-9-3-2-7(11)4-8(9)10/h2-4,6H,5,12H2,1H3. The Labute approximate surface area is 81.4 Å². The maximum absolute atomic E-state index is 12.6. The zero-order valence-electron chi connectivity index (χ0n) is 7.26. The predicted molar refractivity (Wildman–Crippen MR) is 50.6 cm³/mol. The fourth-order valence-corrected chi connectivity index (χ4v) is 1.05. The van der Waals surface area contributed by atoms with Crippen LogP contribution in [-0.2, 0) is 0 Å². The first kappa shape index (κ1) is 10.3. The summed E-state index contributed by atoms with van der Waals surface area (Å²) >= 11 is 5.72. The quantitative estimate of drug-likeness (QED) is 0.818. The van der Waals surface area contributed by atoms with Crippen LogP contribution in [0.3, 0.4) is 0 Å². The van der Waals surface area contributed by atoms with Crippen LogP contribution in [0.4, 0.5) is 4.39 Å². The molecule has 13 heavy (non-hydrogen) atoms. The Morgan fingerprint density at radius 1 is 1.62 bits per heavy atom. The van der Waals surface area contributed by atoms with Gasteiger partial charge in [0.15, 0.2) is 0 Å². The van der Waals surface area contributed by atoms with E-state index in [2.05, 4.69) is 0 Å². The minimum atomic E-state index is -0.377. The average molecular weight is 204 g/mol. The zero-order valence-corrected chi connectivity index (χ0v) is 8.01. The van der Waals surface area contributed by atoms with E-state index in [1.807, 2.05) is 6.92 Å². The van der Waals surface area contributed by atoms with Crippen LogP contribution >= 0.6 is 11.6 Å². The number of hydrogen-bond donors (Lipinski definition) is 1. The molecule has 72 valence electrons. The van der Waals surface area contributed by atoms with Crippen LogP contribution in [0.2, 0.25) is 5.02 Å². The lowest BCUT2D eigenvalue weighted by Gasteiger charge is -2.13. The number of hydrogen-bond acceptors (Lipinski definition) is 2. The van der Waals surface area contributed by atoms with E-state index >= 15 is 0 Å². The molecule has 0 saturated carbocycles. The van der Waals surface area contributed by atoms with E-state index < -0.39 is 0 Å². The van der Waals surface area contributed by atoms with Gasteiger partial charge in [-0.25, -0.2) is 4.39 Å². The Bertz CT molecular complexity index is 293. The molecule has 0 bridgehead atoms. The summed E-state index contributed by atoms with van der Waals surface area (Å²) in [5, 5.41) is 0.264. The normalized spacial score (nSPS) is 12.6. The number of halogens is 2. The van der Waals surface area contributed by atoms with Crippen molar-refractivity contribution in [2.24, 2.45) is 5.73 Å². The van der Waals surface area contributed by atoms with Gasteiger partial charge in [0, 0.05) is 6.54 Å². The molecule has 0 heterocycles. The molecule has 0 spiro atoms. The van der Waals surface area contributed by atoms with Crippen molar-refractivity contribution in [2.45, 2.75) is 13.0 Å².